The molecule has 0 amide bonds. The minimum absolute atomic E-state index is 0.0670. The normalized spacial score (nSPS) is 17.5. The largest absolute Gasteiger partial charge is 0.488 e. The molecule has 1 spiro atoms. The number of benzene rings is 1. The summed E-state index contributed by atoms with van der Waals surface area (Å²) in [6, 6.07) is 0.834. The molecule has 0 saturated heterocycles. The molecule has 4 rings (SSSR count). The average Bonchev–Trinajstić information content (AvgIpc) is 3.35. The molecule has 0 atom stereocenters. The number of esters is 1. The lowest BCUT2D eigenvalue weighted by Crippen LogP contribution is -2.25. The number of halogens is 2. The van der Waals surface area contributed by atoms with Gasteiger partial charge >= 0.3 is 5.97 Å². The molecule has 1 aliphatic heterocycles. The average molecular weight is 335 g/mol. The topological polar surface area (TPSA) is 57.5 Å². The maximum atomic E-state index is 14.2. The van der Waals surface area contributed by atoms with Crippen LogP contribution in [-0.4, -0.2) is 23.8 Å². The number of hydrogen-bond donors (Lipinski definition) is 0. The number of fused-ring (bicyclic) bond motifs is 1. The van der Waals surface area contributed by atoms with E-state index in [1.165, 1.54) is 6.20 Å². The summed E-state index contributed by atoms with van der Waals surface area (Å²) in [6.07, 6.45) is 3.66. The van der Waals surface area contributed by atoms with Gasteiger partial charge in [-0.1, -0.05) is 0 Å². The van der Waals surface area contributed by atoms with E-state index >= 15 is 0 Å². The Labute approximate surface area is 135 Å². The molecule has 7 heteroatoms. The van der Waals surface area contributed by atoms with Crippen molar-refractivity contribution in [2.24, 2.45) is 0 Å². The number of nitrogens with zero attached hydrogens (tertiary/aromatic N) is 1. The zero-order chi connectivity index (χ0) is 17.1. The molecule has 2 aromatic rings. The molecule has 1 saturated carbocycles. The summed E-state index contributed by atoms with van der Waals surface area (Å²) in [5.74, 6) is -3.31. The number of pyridine rings is 1. The molecule has 1 aliphatic carbocycles. The van der Waals surface area contributed by atoms with E-state index < -0.39 is 23.0 Å². The van der Waals surface area contributed by atoms with Crippen molar-refractivity contribution in [2.45, 2.75) is 31.7 Å². The predicted octanol–water partition coefficient (Wildman–Crippen LogP) is 2.73. The van der Waals surface area contributed by atoms with E-state index in [9.17, 15) is 18.4 Å². The van der Waals surface area contributed by atoms with Gasteiger partial charge < -0.3 is 14.0 Å². The van der Waals surface area contributed by atoms with Gasteiger partial charge in [0.25, 0.3) is 0 Å². The van der Waals surface area contributed by atoms with Crippen LogP contribution in [0.5, 0.6) is 5.75 Å². The fourth-order valence-electron chi connectivity index (χ4n) is 3.36. The molecule has 24 heavy (non-hydrogen) atoms. The van der Waals surface area contributed by atoms with Gasteiger partial charge in [0.1, 0.15) is 5.56 Å². The van der Waals surface area contributed by atoms with E-state index in [0.29, 0.717) is 6.42 Å². The molecule has 0 N–H and O–H groups in total. The first-order valence-corrected chi connectivity index (χ1v) is 7.86. The summed E-state index contributed by atoms with van der Waals surface area (Å²) in [4.78, 5) is 24.8. The highest BCUT2D eigenvalue weighted by molar-refractivity contribution is 5.95. The van der Waals surface area contributed by atoms with Gasteiger partial charge in [-0.3, -0.25) is 4.79 Å². The van der Waals surface area contributed by atoms with Crippen LogP contribution < -0.4 is 10.2 Å². The predicted molar refractivity (Wildman–Crippen MR) is 81.4 cm³/mol. The van der Waals surface area contributed by atoms with Gasteiger partial charge in [0.05, 0.1) is 24.1 Å². The Kier molecular flexibility index (Phi) is 3.16. The van der Waals surface area contributed by atoms with Gasteiger partial charge in [-0.15, -0.1) is 0 Å². The molecule has 0 bridgehead atoms. The Bertz CT molecular complexity index is 931. The molecular weight excluding hydrogens is 320 g/mol. The molecule has 1 fully saturated rings. The lowest BCUT2D eigenvalue weighted by molar-refractivity contribution is 0.0524. The first-order chi connectivity index (χ1) is 11.5. The summed E-state index contributed by atoms with van der Waals surface area (Å²) in [5, 5.41) is -0.0670. The Morgan fingerprint density at radius 1 is 1.38 bits per heavy atom. The van der Waals surface area contributed by atoms with Crippen LogP contribution in [0.1, 0.15) is 36.5 Å². The SMILES string of the molecule is CCOC(=O)c1cn2c3c(c(F)c(F)cc3c1=O)OCCC21CC1. The molecule has 5 nitrogen and oxygen atoms in total. The first-order valence-electron chi connectivity index (χ1n) is 7.86. The van der Waals surface area contributed by atoms with Crippen LogP contribution >= 0.6 is 0 Å². The quantitative estimate of drug-likeness (QED) is 0.792. The molecule has 1 aromatic carbocycles. The van der Waals surface area contributed by atoms with Gasteiger partial charge in [-0.25, -0.2) is 9.18 Å². The molecule has 2 aliphatic rings. The van der Waals surface area contributed by atoms with Crippen molar-refractivity contribution < 1.29 is 23.0 Å². The maximum absolute atomic E-state index is 14.2. The zero-order valence-electron chi connectivity index (χ0n) is 13.0. The van der Waals surface area contributed by atoms with Gasteiger partial charge in [0.2, 0.25) is 11.2 Å². The molecule has 126 valence electrons. The van der Waals surface area contributed by atoms with Crippen molar-refractivity contribution in [1.29, 1.82) is 0 Å². The van der Waals surface area contributed by atoms with Crippen molar-refractivity contribution >= 4 is 16.9 Å². The van der Waals surface area contributed by atoms with Crippen LogP contribution in [-0.2, 0) is 10.3 Å². The number of rotatable bonds is 2. The molecule has 0 radical (unpaired) electrons. The second-order valence-electron chi connectivity index (χ2n) is 6.18. The number of aromatic nitrogens is 1. The summed E-state index contributed by atoms with van der Waals surface area (Å²) in [7, 11) is 0. The van der Waals surface area contributed by atoms with Gasteiger partial charge in [0.15, 0.2) is 11.6 Å². The Balaban J connectivity index is 2.12. The van der Waals surface area contributed by atoms with Gasteiger partial charge in [0, 0.05) is 18.2 Å². The third-order valence-electron chi connectivity index (χ3n) is 4.79. The number of carbonyl (C=O) groups is 1. The van der Waals surface area contributed by atoms with Crippen molar-refractivity contribution in [3.05, 3.63) is 39.7 Å². The van der Waals surface area contributed by atoms with Crippen molar-refractivity contribution in [2.75, 3.05) is 13.2 Å². The Morgan fingerprint density at radius 2 is 2.12 bits per heavy atom. The van der Waals surface area contributed by atoms with E-state index in [-0.39, 0.29) is 41.0 Å². The molecular formula is C17H15F2NO4. The van der Waals surface area contributed by atoms with Crippen molar-refractivity contribution in [3.63, 3.8) is 0 Å². The monoisotopic (exact) mass is 335 g/mol. The number of hydrogen-bond acceptors (Lipinski definition) is 4. The van der Waals surface area contributed by atoms with E-state index in [4.69, 9.17) is 9.47 Å². The first kappa shape index (κ1) is 15.1. The molecule has 0 unspecified atom stereocenters. The fraction of sp³-hybridized carbons (Fsp3) is 0.412. The smallest absolute Gasteiger partial charge is 0.343 e. The van der Waals surface area contributed by atoms with E-state index in [2.05, 4.69) is 0 Å². The lowest BCUT2D eigenvalue weighted by Gasteiger charge is -2.20. The standard InChI is InChI=1S/C17H15F2NO4/c1-2-23-16(22)10-8-20-13-9(14(10)21)7-11(18)12(19)15(13)24-6-5-17(20)3-4-17/h7-8H,2-6H2,1H3. The number of ether oxygens (including phenoxy) is 2. The second kappa shape index (κ2) is 5.03. The second-order valence-corrected chi connectivity index (χ2v) is 6.18. The highest BCUT2D eigenvalue weighted by Crippen LogP contribution is 2.50. The summed E-state index contributed by atoms with van der Waals surface area (Å²) in [6.45, 7) is 1.97. The fourth-order valence-corrected chi connectivity index (χ4v) is 3.36. The van der Waals surface area contributed by atoms with E-state index in [1.807, 2.05) is 0 Å². The third kappa shape index (κ3) is 1.96. The minimum Gasteiger partial charge on any atom is -0.488 e. The zero-order valence-corrected chi connectivity index (χ0v) is 13.0. The van der Waals surface area contributed by atoms with Gasteiger partial charge in [-0.05, 0) is 25.8 Å². The van der Waals surface area contributed by atoms with E-state index in [0.717, 1.165) is 18.9 Å². The Hall–Kier alpha value is -2.44. The molecule has 2 heterocycles. The van der Waals surface area contributed by atoms with Crippen molar-refractivity contribution in [3.8, 4) is 5.75 Å². The summed E-state index contributed by atoms with van der Waals surface area (Å²) >= 11 is 0. The Morgan fingerprint density at radius 3 is 2.79 bits per heavy atom. The van der Waals surface area contributed by atoms with Gasteiger partial charge in [-0.2, -0.15) is 4.39 Å². The summed E-state index contributed by atoms with van der Waals surface area (Å²) in [5.41, 5.74) is -0.958. The maximum Gasteiger partial charge on any atom is 0.343 e. The van der Waals surface area contributed by atoms with Crippen LogP contribution in [0.4, 0.5) is 8.78 Å². The number of carbonyl (C=O) groups excluding carboxylic acids is 1. The highest BCUT2D eigenvalue weighted by atomic mass is 19.2. The minimum atomic E-state index is -1.17. The van der Waals surface area contributed by atoms with E-state index in [1.54, 1.807) is 11.5 Å². The molecule has 1 aromatic heterocycles. The van der Waals surface area contributed by atoms with Crippen LogP contribution in [0.3, 0.4) is 0 Å². The van der Waals surface area contributed by atoms with Crippen LogP contribution in [0, 0.1) is 11.6 Å². The highest BCUT2D eigenvalue weighted by Gasteiger charge is 2.47. The summed E-state index contributed by atoms with van der Waals surface area (Å²) < 4.78 is 40.2. The lowest BCUT2D eigenvalue weighted by atomic mass is 10.1. The van der Waals surface area contributed by atoms with Crippen molar-refractivity contribution in [1.82, 2.24) is 4.57 Å². The van der Waals surface area contributed by atoms with Crippen LogP contribution in [0.15, 0.2) is 17.1 Å². The van der Waals surface area contributed by atoms with Crippen LogP contribution in [0.25, 0.3) is 10.9 Å². The third-order valence-corrected chi connectivity index (χ3v) is 4.79. The van der Waals surface area contributed by atoms with Crippen LogP contribution in [0.2, 0.25) is 0 Å².